The Kier molecular flexibility index (Phi) is 5.16. The van der Waals surface area contributed by atoms with Crippen LogP contribution in [0.4, 0.5) is 5.69 Å². The third kappa shape index (κ3) is 3.67. The zero-order valence-electron chi connectivity index (χ0n) is 16.1. The minimum absolute atomic E-state index is 0.122. The second kappa shape index (κ2) is 7.96. The van der Waals surface area contributed by atoms with Gasteiger partial charge in [-0.2, -0.15) is 5.26 Å². The average molecular weight is 440 g/mol. The van der Waals surface area contributed by atoms with Crippen LogP contribution in [0.2, 0.25) is 10.0 Å². The van der Waals surface area contributed by atoms with E-state index in [-0.39, 0.29) is 6.10 Å². The van der Waals surface area contributed by atoms with Gasteiger partial charge in [-0.1, -0.05) is 34.4 Å². The molecule has 7 heteroatoms. The van der Waals surface area contributed by atoms with Crippen molar-refractivity contribution < 1.29 is 9.26 Å². The number of ether oxygens (including phenoxy) is 1. The van der Waals surface area contributed by atoms with E-state index in [2.05, 4.69) is 16.1 Å². The number of hydrogen-bond acceptors (Lipinski definition) is 5. The molecule has 0 unspecified atom stereocenters. The van der Waals surface area contributed by atoms with Gasteiger partial charge in [0.15, 0.2) is 0 Å². The number of hydrogen-bond donors (Lipinski definition) is 0. The average Bonchev–Trinajstić information content (AvgIpc) is 3.48. The Labute approximate surface area is 184 Å². The normalized spacial score (nSPS) is 16.4. The molecule has 2 fully saturated rings. The maximum Gasteiger partial charge on any atom is 0.145 e. The quantitative estimate of drug-likeness (QED) is 0.485. The summed E-state index contributed by atoms with van der Waals surface area (Å²) in [6.07, 6.45) is 2.33. The van der Waals surface area contributed by atoms with Crippen molar-refractivity contribution in [2.75, 3.05) is 18.0 Å². The van der Waals surface area contributed by atoms with Crippen LogP contribution in [0, 0.1) is 11.3 Å². The highest BCUT2D eigenvalue weighted by Gasteiger charge is 2.35. The van der Waals surface area contributed by atoms with Crippen LogP contribution in [0.1, 0.15) is 35.6 Å². The van der Waals surface area contributed by atoms with E-state index in [9.17, 15) is 0 Å². The van der Waals surface area contributed by atoms with Crippen LogP contribution < -0.4 is 4.90 Å². The highest BCUT2D eigenvalue weighted by molar-refractivity contribution is 6.39. The van der Waals surface area contributed by atoms with Gasteiger partial charge in [0.1, 0.15) is 11.5 Å². The lowest BCUT2D eigenvalue weighted by Gasteiger charge is -2.40. The Bertz CT molecular complexity index is 1090. The number of halogens is 2. The maximum absolute atomic E-state index is 8.93. The molecule has 2 aromatic carbocycles. The molecular formula is C23H19Cl2N3O2. The van der Waals surface area contributed by atoms with Crippen LogP contribution in [-0.2, 0) is 11.3 Å². The largest absolute Gasteiger partial charge is 0.370 e. The van der Waals surface area contributed by atoms with Gasteiger partial charge in [-0.15, -0.1) is 0 Å². The van der Waals surface area contributed by atoms with Crippen molar-refractivity contribution in [2.45, 2.75) is 31.5 Å². The van der Waals surface area contributed by atoms with Gasteiger partial charge in [0.25, 0.3) is 0 Å². The minimum atomic E-state index is 0.122. The third-order valence-electron chi connectivity index (χ3n) is 5.64. The molecule has 0 atom stereocenters. The van der Waals surface area contributed by atoms with E-state index in [1.165, 1.54) is 0 Å². The van der Waals surface area contributed by atoms with Crippen LogP contribution in [0.25, 0.3) is 11.3 Å². The number of aromatic nitrogens is 1. The van der Waals surface area contributed by atoms with Gasteiger partial charge in [0.05, 0.1) is 34.4 Å². The first-order valence-corrected chi connectivity index (χ1v) is 10.7. The van der Waals surface area contributed by atoms with Crippen LogP contribution >= 0.6 is 23.2 Å². The summed E-state index contributed by atoms with van der Waals surface area (Å²) in [5, 5.41) is 14.3. The van der Waals surface area contributed by atoms with E-state index < -0.39 is 0 Å². The summed E-state index contributed by atoms with van der Waals surface area (Å²) in [5.74, 6) is 1.30. The lowest BCUT2D eigenvalue weighted by molar-refractivity contribution is 0.0219. The third-order valence-corrected chi connectivity index (χ3v) is 6.27. The highest BCUT2D eigenvalue weighted by Crippen LogP contribution is 2.46. The summed E-state index contributed by atoms with van der Waals surface area (Å²) < 4.78 is 11.9. The van der Waals surface area contributed by atoms with Crippen LogP contribution in [-0.4, -0.2) is 24.4 Å². The Morgan fingerprint density at radius 2 is 1.80 bits per heavy atom. The minimum Gasteiger partial charge on any atom is -0.370 e. The maximum atomic E-state index is 8.93. The van der Waals surface area contributed by atoms with Crippen molar-refractivity contribution in [1.82, 2.24) is 5.16 Å². The van der Waals surface area contributed by atoms with Gasteiger partial charge in [0, 0.05) is 35.8 Å². The Hall–Kier alpha value is -2.52. The van der Waals surface area contributed by atoms with Crippen molar-refractivity contribution in [3.63, 3.8) is 0 Å². The second-order valence-corrected chi connectivity index (χ2v) is 8.56. The first-order valence-electron chi connectivity index (χ1n) is 9.93. The summed E-state index contributed by atoms with van der Waals surface area (Å²) in [5.41, 5.74) is 4.09. The molecule has 0 N–H and O–H groups in total. The van der Waals surface area contributed by atoms with Gasteiger partial charge in [-0.3, -0.25) is 0 Å². The van der Waals surface area contributed by atoms with E-state index in [0.717, 1.165) is 42.9 Å². The Morgan fingerprint density at radius 3 is 2.43 bits per heavy atom. The van der Waals surface area contributed by atoms with Gasteiger partial charge < -0.3 is 14.2 Å². The van der Waals surface area contributed by atoms with Crippen molar-refractivity contribution in [1.29, 1.82) is 5.26 Å². The molecule has 0 amide bonds. The van der Waals surface area contributed by atoms with Crippen molar-refractivity contribution in [3.8, 4) is 17.3 Å². The zero-order chi connectivity index (χ0) is 20.7. The van der Waals surface area contributed by atoms with E-state index in [4.69, 9.17) is 37.7 Å². The Balaban J connectivity index is 1.30. The zero-order valence-corrected chi connectivity index (χ0v) is 17.7. The first kappa shape index (κ1) is 19.4. The first-order chi connectivity index (χ1) is 14.6. The molecule has 1 aromatic heterocycles. The molecular weight excluding hydrogens is 421 g/mol. The monoisotopic (exact) mass is 439 g/mol. The summed E-state index contributed by atoms with van der Waals surface area (Å²) in [4.78, 5) is 2.23. The van der Waals surface area contributed by atoms with E-state index in [0.29, 0.717) is 39.4 Å². The summed E-state index contributed by atoms with van der Waals surface area (Å²) in [6, 6.07) is 15.2. The van der Waals surface area contributed by atoms with Crippen molar-refractivity contribution >= 4 is 28.9 Å². The molecule has 1 saturated carbocycles. The molecule has 1 aliphatic carbocycles. The molecule has 30 heavy (non-hydrogen) atoms. The van der Waals surface area contributed by atoms with Gasteiger partial charge in [0.2, 0.25) is 0 Å². The van der Waals surface area contributed by atoms with Gasteiger partial charge >= 0.3 is 0 Å². The Morgan fingerprint density at radius 1 is 1.10 bits per heavy atom. The molecule has 2 heterocycles. The summed E-state index contributed by atoms with van der Waals surface area (Å²) in [6.45, 7) is 2.02. The molecule has 5 nitrogen and oxygen atoms in total. The molecule has 3 aromatic rings. The summed E-state index contributed by atoms with van der Waals surface area (Å²) in [7, 11) is 0. The summed E-state index contributed by atoms with van der Waals surface area (Å²) >= 11 is 12.8. The van der Waals surface area contributed by atoms with E-state index in [1.807, 2.05) is 30.3 Å². The molecule has 0 radical (unpaired) electrons. The predicted molar refractivity (Wildman–Crippen MR) is 116 cm³/mol. The predicted octanol–water partition coefficient (Wildman–Crippen LogP) is 5.80. The van der Waals surface area contributed by atoms with Crippen molar-refractivity contribution in [3.05, 3.63) is 69.4 Å². The topological polar surface area (TPSA) is 62.3 Å². The van der Waals surface area contributed by atoms with Crippen LogP contribution in [0.5, 0.6) is 0 Å². The second-order valence-electron chi connectivity index (χ2n) is 7.74. The fourth-order valence-electron chi connectivity index (χ4n) is 3.75. The molecule has 0 spiro atoms. The fourth-order valence-corrected chi connectivity index (χ4v) is 4.33. The lowest BCUT2D eigenvalue weighted by Crippen LogP contribution is -2.52. The number of nitrogens with zero attached hydrogens (tertiary/aromatic N) is 3. The van der Waals surface area contributed by atoms with E-state index in [1.54, 1.807) is 12.1 Å². The smallest absolute Gasteiger partial charge is 0.145 e. The SMILES string of the molecule is N#Cc1ccc(N2CC(OCc3c(-c4c(Cl)cccc4Cl)noc3C3CC3)C2)cc1. The fraction of sp³-hybridized carbons (Fsp3) is 0.304. The van der Waals surface area contributed by atoms with Gasteiger partial charge in [-0.05, 0) is 49.2 Å². The van der Waals surface area contributed by atoms with Crippen molar-refractivity contribution in [2.24, 2.45) is 0 Å². The molecule has 5 rings (SSSR count). The van der Waals surface area contributed by atoms with Crippen LogP contribution in [0.15, 0.2) is 47.0 Å². The van der Waals surface area contributed by atoms with Gasteiger partial charge in [-0.25, -0.2) is 0 Å². The molecule has 0 bridgehead atoms. The number of rotatable bonds is 6. The molecule has 2 aliphatic rings. The number of nitriles is 1. The standard InChI is InChI=1S/C23H19Cl2N3O2/c24-19-2-1-3-20(25)21(19)22-18(23(30-27-22)15-6-7-15)13-29-17-11-28(12-17)16-8-4-14(10-26)5-9-16/h1-5,8-9,15,17H,6-7,11-13H2. The van der Waals surface area contributed by atoms with Crippen LogP contribution in [0.3, 0.4) is 0 Å². The lowest BCUT2D eigenvalue weighted by atomic mass is 10.0. The number of anilines is 1. The molecule has 1 saturated heterocycles. The molecule has 152 valence electrons. The molecule has 1 aliphatic heterocycles. The highest BCUT2D eigenvalue weighted by atomic mass is 35.5. The number of benzene rings is 2. The van der Waals surface area contributed by atoms with E-state index >= 15 is 0 Å².